The van der Waals surface area contributed by atoms with E-state index in [0.717, 1.165) is 12.1 Å². The molecule has 0 aliphatic carbocycles. The van der Waals surface area contributed by atoms with Crippen LogP contribution in [0, 0.1) is 11.6 Å². The van der Waals surface area contributed by atoms with Gasteiger partial charge in [0, 0.05) is 29.8 Å². The highest BCUT2D eigenvalue weighted by molar-refractivity contribution is 9.10. The number of fused-ring (bicyclic) bond motifs is 1. The fraction of sp³-hybridized carbons (Fsp3) is 0.0500. The van der Waals surface area contributed by atoms with Gasteiger partial charge in [0.2, 0.25) is 5.76 Å². The van der Waals surface area contributed by atoms with Gasteiger partial charge in [-0.25, -0.2) is 18.4 Å². The molecule has 3 N–H and O–H groups in total. The molecule has 0 unspecified atom stereocenters. The number of aryl methyl sites for hydroxylation is 1. The molecule has 0 saturated carbocycles. The number of furan rings is 1. The third-order valence-electron chi connectivity index (χ3n) is 4.41. The van der Waals surface area contributed by atoms with Gasteiger partial charge in [0.15, 0.2) is 0 Å². The number of aromatic nitrogens is 2. The highest BCUT2D eigenvalue weighted by atomic mass is 79.9. The highest BCUT2D eigenvalue weighted by Gasteiger charge is 2.20. The van der Waals surface area contributed by atoms with Crippen LogP contribution in [0.5, 0.6) is 0 Å². The van der Waals surface area contributed by atoms with E-state index in [1.807, 2.05) is 0 Å². The lowest BCUT2D eigenvalue weighted by molar-refractivity contribution is 0.0665. The monoisotopic (exact) mass is 490 g/mol. The van der Waals surface area contributed by atoms with Gasteiger partial charge in [0.05, 0.1) is 22.1 Å². The van der Waals surface area contributed by atoms with E-state index in [4.69, 9.17) is 4.42 Å². The van der Waals surface area contributed by atoms with Crippen LogP contribution in [-0.4, -0.2) is 26.9 Å². The van der Waals surface area contributed by atoms with Crippen molar-refractivity contribution in [1.29, 1.82) is 0 Å². The Bertz CT molecular complexity index is 1330. The molecule has 0 saturated heterocycles. The molecular formula is C20H13BrF2N4O4. The second-order valence-electron chi connectivity index (χ2n) is 6.53. The molecule has 0 bridgehead atoms. The maximum Gasteiger partial charge on any atom is 0.371 e. The van der Waals surface area contributed by atoms with E-state index in [1.165, 1.54) is 12.1 Å². The number of anilines is 2. The molecule has 8 nitrogen and oxygen atoms in total. The van der Waals surface area contributed by atoms with Crippen LogP contribution >= 0.6 is 15.9 Å². The topological polar surface area (TPSA) is 109 Å². The molecule has 2 aromatic carbocycles. The number of hydrogen-bond acceptors (Lipinski definition) is 4. The summed E-state index contributed by atoms with van der Waals surface area (Å²) in [5, 5.41) is 18.7. The third-order valence-corrected chi connectivity index (χ3v) is 4.99. The van der Waals surface area contributed by atoms with Crippen LogP contribution in [-0.2, 0) is 7.05 Å². The number of carboxylic acid groups (broad SMARTS) is 1. The van der Waals surface area contributed by atoms with Crippen LogP contribution in [0.15, 0.2) is 51.5 Å². The van der Waals surface area contributed by atoms with Crippen LogP contribution in [0.2, 0.25) is 0 Å². The molecule has 4 aromatic rings. The first-order chi connectivity index (χ1) is 14.7. The van der Waals surface area contributed by atoms with Gasteiger partial charge < -0.3 is 20.2 Å². The Morgan fingerprint density at radius 1 is 1.16 bits per heavy atom. The number of hydrogen-bond donors (Lipinski definition) is 3. The molecule has 2 heterocycles. The Labute approximate surface area is 181 Å². The van der Waals surface area contributed by atoms with E-state index in [9.17, 15) is 23.5 Å². The zero-order chi connectivity index (χ0) is 22.3. The van der Waals surface area contributed by atoms with Crippen molar-refractivity contribution in [3.05, 3.63) is 64.5 Å². The first kappa shape index (κ1) is 20.5. The van der Waals surface area contributed by atoms with Gasteiger partial charge in [0.25, 0.3) is 0 Å². The average Bonchev–Trinajstić information content (AvgIpc) is 3.27. The molecule has 0 atom stereocenters. The van der Waals surface area contributed by atoms with Crippen molar-refractivity contribution >= 4 is 50.3 Å². The smallest absolute Gasteiger partial charge is 0.371 e. The number of nitrogens with one attached hydrogen (secondary N) is 2. The number of carbonyl (C=O) groups excluding carboxylic acids is 1. The maximum absolute atomic E-state index is 13.8. The summed E-state index contributed by atoms with van der Waals surface area (Å²) in [5.74, 6) is -3.21. The summed E-state index contributed by atoms with van der Waals surface area (Å²) >= 11 is 3.40. The van der Waals surface area contributed by atoms with E-state index in [1.54, 1.807) is 24.0 Å². The number of nitrogens with zero attached hydrogens (tertiary/aromatic N) is 2. The Kier molecular flexibility index (Phi) is 5.19. The maximum atomic E-state index is 13.8. The SMILES string of the molecule is Cn1ncc(Br)c1-c1cc(NC(=O)Nc2ccc(F)cc2F)cc2cc(C(=O)O)oc12. The lowest BCUT2D eigenvalue weighted by atomic mass is 10.1. The molecule has 4 rings (SSSR count). The quantitative estimate of drug-likeness (QED) is 0.363. The van der Waals surface area contributed by atoms with Gasteiger partial charge in [0.1, 0.15) is 17.2 Å². The van der Waals surface area contributed by atoms with Gasteiger partial charge in [-0.15, -0.1) is 0 Å². The number of urea groups is 1. The zero-order valence-corrected chi connectivity index (χ0v) is 17.3. The van der Waals surface area contributed by atoms with Crippen molar-refractivity contribution in [3.8, 4) is 11.3 Å². The van der Waals surface area contributed by atoms with Crippen molar-refractivity contribution in [2.45, 2.75) is 0 Å². The Balaban J connectivity index is 1.74. The first-order valence-electron chi connectivity index (χ1n) is 8.74. The lowest BCUT2D eigenvalue weighted by Gasteiger charge is -2.11. The second-order valence-corrected chi connectivity index (χ2v) is 7.38. The summed E-state index contributed by atoms with van der Waals surface area (Å²) in [6, 6.07) is 6.40. The van der Waals surface area contributed by atoms with Gasteiger partial charge in [-0.2, -0.15) is 5.10 Å². The van der Waals surface area contributed by atoms with Crippen LogP contribution in [0.1, 0.15) is 10.6 Å². The first-order valence-corrected chi connectivity index (χ1v) is 9.54. The molecule has 11 heteroatoms. The summed E-state index contributed by atoms with van der Waals surface area (Å²) in [7, 11) is 1.69. The van der Waals surface area contributed by atoms with E-state index in [0.29, 0.717) is 27.2 Å². The molecule has 0 fully saturated rings. The van der Waals surface area contributed by atoms with E-state index in [-0.39, 0.29) is 22.7 Å². The number of amides is 2. The zero-order valence-electron chi connectivity index (χ0n) is 15.7. The summed E-state index contributed by atoms with van der Waals surface area (Å²) in [6.45, 7) is 0. The van der Waals surface area contributed by atoms with Crippen molar-refractivity contribution in [2.24, 2.45) is 7.05 Å². The number of carbonyl (C=O) groups is 2. The number of carboxylic acids is 1. The fourth-order valence-electron chi connectivity index (χ4n) is 3.10. The minimum atomic E-state index is -1.25. The van der Waals surface area contributed by atoms with E-state index in [2.05, 4.69) is 31.7 Å². The van der Waals surface area contributed by atoms with Crippen LogP contribution in [0.4, 0.5) is 25.0 Å². The van der Waals surface area contributed by atoms with Gasteiger partial charge in [-0.05, 0) is 46.3 Å². The van der Waals surface area contributed by atoms with Crippen molar-refractivity contribution in [2.75, 3.05) is 10.6 Å². The van der Waals surface area contributed by atoms with Crippen molar-refractivity contribution < 1.29 is 27.9 Å². The van der Waals surface area contributed by atoms with Crippen LogP contribution < -0.4 is 10.6 Å². The van der Waals surface area contributed by atoms with Gasteiger partial charge >= 0.3 is 12.0 Å². The van der Waals surface area contributed by atoms with Gasteiger partial charge in [-0.3, -0.25) is 4.68 Å². The Morgan fingerprint density at radius 2 is 1.94 bits per heavy atom. The normalized spacial score (nSPS) is 11.0. The summed E-state index contributed by atoms with van der Waals surface area (Å²) < 4.78 is 34.5. The minimum absolute atomic E-state index is 0.203. The van der Waals surface area contributed by atoms with Crippen LogP contribution in [0.3, 0.4) is 0 Å². The van der Waals surface area contributed by atoms with Crippen molar-refractivity contribution in [3.63, 3.8) is 0 Å². The standard InChI is InChI=1S/C20H13BrF2N4O4/c1-27-17(13(21)8-24-27)12-7-11(4-9-5-16(19(28)29)31-18(9)12)25-20(30)26-15-3-2-10(22)6-14(15)23/h2-8H,1H3,(H,28,29)(H2,25,26,30). The summed E-state index contributed by atoms with van der Waals surface area (Å²) in [6.07, 6.45) is 1.56. The summed E-state index contributed by atoms with van der Waals surface area (Å²) in [5.41, 5.74) is 1.43. The molecule has 0 aliphatic rings. The molecule has 158 valence electrons. The van der Waals surface area contributed by atoms with Crippen molar-refractivity contribution in [1.82, 2.24) is 9.78 Å². The third kappa shape index (κ3) is 3.99. The second kappa shape index (κ2) is 7.84. The lowest BCUT2D eigenvalue weighted by Crippen LogP contribution is -2.20. The number of rotatable bonds is 4. The molecular weight excluding hydrogens is 478 g/mol. The summed E-state index contributed by atoms with van der Waals surface area (Å²) in [4.78, 5) is 23.7. The Hall–Kier alpha value is -3.73. The molecule has 0 radical (unpaired) electrons. The predicted octanol–water partition coefficient (Wildman–Crippen LogP) is 5.22. The molecule has 0 aliphatic heterocycles. The minimum Gasteiger partial charge on any atom is -0.475 e. The van der Waals surface area contributed by atoms with Gasteiger partial charge in [-0.1, -0.05) is 0 Å². The number of benzene rings is 2. The average molecular weight is 491 g/mol. The largest absolute Gasteiger partial charge is 0.475 e. The molecule has 0 spiro atoms. The molecule has 2 aromatic heterocycles. The Morgan fingerprint density at radius 3 is 2.58 bits per heavy atom. The van der Waals surface area contributed by atoms with Crippen LogP contribution in [0.25, 0.3) is 22.2 Å². The molecule has 31 heavy (non-hydrogen) atoms. The molecule has 2 amide bonds. The van der Waals surface area contributed by atoms with E-state index >= 15 is 0 Å². The highest BCUT2D eigenvalue weighted by Crippen LogP contribution is 2.37. The fourth-order valence-corrected chi connectivity index (χ4v) is 3.66. The number of halogens is 3. The number of aromatic carboxylic acids is 1. The predicted molar refractivity (Wildman–Crippen MR) is 112 cm³/mol. The van der Waals surface area contributed by atoms with E-state index < -0.39 is 23.6 Å².